The van der Waals surface area contributed by atoms with Crippen LogP contribution in [0.15, 0.2) is 0 Å². The summed E-state index contributed by atoms with van der Waals surface area (Å²) in [6, 6.07) is 0. The standard InChI is InChI=1S/C10H18O4/c11-8-6-4-2-1-3-5-7-9(12)10(13)14/h11H,1-8H2,(H,13,14). The van der Waals surface area contributed by atoms with E-state index in [0.717, 1.165) is 32.1 Å². The molecule has 0 rings (SSSR count). The van der Waals surface area contributed by atoms with Crippen LogP contribution in [0.5, 0.6) is 0 Å². The number of aliphatic hydroxyl groups is 1. The van der Waals surface area contributed by atoms with Crippen molar-refractivity contribution in [2.24, 2.45) is 0 Å². The maximum atomic E-state index is 10.6. The van der Waals surface area contributed by atoms with Crippen LogP contribution in [0.1, 0.15) is 44.9 Å². The molecule has 0 aromatic heterocycles. The van der Waals surface area contributed by atoms with Gasteiger partial charge in [-0.3, -0.25) is 4.79 Å². The van der Waals surface area contributed by atoms with Gasteiger partial charge in [0.15, 0.2) is 0 Å². The topological polar surface area (TPSA) is 74.6 Å². The molecule has 0 spiro atoms. The first-order valence-corrected chi connectivity index (χ1v) is 5.05. The van der Waals surface area contributed by atoms with Crippen molar-refractivity contribution in [2.45, 2.75) is 44.9 Å². The maximum absolute atomic E-state index is 10.6. The Hall–Kier alpha value is -0.900. The molecule has 4 heteroatoms. The summed E-state index contributed by atoms with van der Waals surface area (Å²) in [6.45, 7) is 0.234. The third-order valence-corrected chi connectivity index (χ3v) is 2.05. The zero-order valence-corrected chi connectivity index (χ0v) is 8.37. The minimum Gasteiger partial charge on any atom is -0.476 e. The van der Waals surface area contributed by atoms with Gasteiger partial charge >= 0.3 is 5.97 Å². The number of carbonyl (C=O) groups excluding carboxylic acids is 1. The number of hydrogen-bond donors (Lipinski definition) is 2. The van der Waals surface area contributed by atoms with E-state index in [0.29, 0.717) is 6.42 Å². The fourth-order valence-electron chi connectivity index (χ4n) is 1.21. The highest BCUT2D eigenvalue weighted by atomic mass is 16.4. The Bertz CT molecular complexity index is 177. The van der Waals surface area contributed by atoms with Crippen LogP contribution in [0.3, 0.4) is 0 Å². The molecular weight excluding hydrogens is 184 g/mol. The average Bonchev–Trinajstić information content (AvgIpc) is 2.16. The molecule has 0 heterocycles. The van der Waals surface area contributed by atoms with Gasteiger partial charge in [0.1, 0.15) is 0 Å². The van der Waals surface area contributed by atoms with Gasteiger partial charge in [0.25, 0.3) is 0 Å². The van der Waals surface area contributed by atoms with Crippen LogP contribution in [-0.2, 0) is 9.59 Å². The van der Waals surface area contributed by atoms with Crippen LogP contribution in [-0.4, -0.2) is 28.6 Å². The number of carbonyl (C=O) groups is 2. The molecule has 0 saturated heterocycles. The Kier molecular flexibility index (Phi) is 8.13. The van der Waals surface area contributed by atoms with E-state index in [4.69, 9.17) is 10.2 Å². The first-order chi connectivity index (χ1) is 6.68. The van der Waals surface area contributed by atoms with E-state index in [9.17, 15) is 9.59 Å². The van der Waals surface area contributed by atoms with Gasteiger partial charge in [0, 0.05) is 13.0 Å². The van der Waals surface area contributed by atoms with Crippen molar-refractivity contribution >= 4 is 11.8 Å². The molecule has 0 unspecified atom stereocenters. The van der Waals surface area contributed by atoms with E-state index >= 15 is 0 Å². The first kappa shape index (κ1) is 13.1. The van der Waals surface area contributed by atoms with Crippen molar-refractivity contribution in [3.63, 3.8) is 0 Å². The van der Waals surface area contributed by atoms with Crippen molar-refractivity contribution in [2.75, 3.05) is 6.61 Å². The fourth-order valence-corrected chi connectivity index (χ4v) is 1.21. The largest absolute Gasteiger partial charge is 0.476 e. The van der Waals surface area contributed by atoms with Crippen LogP contribution >= 0.6 is 0 Å². The number of carboxylic acids is 1. The number of rotatable bonds is 9. The second-order valence-electron chi connectivity index (χ2n) is 3.32. The summed E-state index contributed by atoms with van der Waals surface area (Å²) in [5, 5.41) is 16.8. The lowest BCUT2D eigenvalue weighted by Gasteiger charge is -1.99. The monoisotopic (exact) mass is 202 g/mol. The van der Waals surface area contributed by atoms with Gasteiger partial charge in [0.05, 0.1) is 0 Å². The lowest BCUT2D eigenvalue weighted by atomic mass is 10.1. The van der Waals surface area contributed by atoms with Crippen molar-refractivity contribution in [3.05, 3.63) is 0 Å². The molecule has 0 fully saturated rings. The van der Waals surface area contributed by atoms with Gasteiger partial charge in [-0.25, -0.2) is 4.79 Å². The number of unbranched alkanes of at least 4 members (excludes halogenated alkanes) is 5. The lowest BCUT2D eigenvalue weighted by molar-refractivity contribution is -0.149. The summed E-state index contributed by atoms with van der Waals surface area (Å²) >= 11 is 0. The summed E-state index contributed by atoms with van der Waals surface area (Å²) in [6.07, 6.45) is 5.58. The Morgan fingerprint density at radius 2 is 1.36 bits per heavy atom. The van der Waals surface area contributed by atoms with Gasteiger partial charge in [-0.15, -0.1) is 0 Å². The molecule has 0 aromatic rings. The Balaban J connectivity index is 3.13. The number of carboxylic acid groups (broad SMARTS) is 1. The highest BCUT2D eigenvalue weighted by Crippen LogP contribution is 2.07. The summed E-state index contributed by atoms with van der Waals surface area (Å²) < 4.78 is 0. The number of hydrogen-bond acceptors (Lipinski definition) is 3. The number of aliphatic carboxylic acids is 1. The molecule has 82 valence electrons. The van der Waals surface area contributed by atoms with Gasteiger partial charge in [-0.2, -0.15) is 0 Å². The van der Waals surface area contributed by atoms with E-state index in [1.54, 1.807) is 0 Å². The van der Waals surface area contributed by atoms with Crippen LogP contribution < -0.4 is 0 Å². The minimum atomic E-state index is -1.33. The summed E-state index contributed by atoms with van der Waals surface area (Å²) in [7, 11) is 0. The minimum absolute atomic E-state index is 0.148. The van der Waals surface area contributed by atoms with E-state index in [1.807, 2.05) is 0 Å². The summed E-state index contributed by atoms with van der Waals surface area (Å²) in [5.74, 6) is -2.02. The van der Waals surface area contributed by atoms with Crippen LogP contribution in [0.4, 0.5) is 0 Å². The van der Waals surface area contributed by atoms with E-state index in [1.165, 1.54) is 0 Å². The highest BCUT2D eigenvalue weighted by Gasteiger charge is 2.09. The smallest absolute Gasteiger partial charge is 0.372 e. The molecule has 0 bridgehead atoms. The van der Waals surface area contributed by atoms with Gasteiger partial charge in [-0.1, -0.05) is 25.7 Å². The third kappa shape index (κ3) is 7.73. The number of aliphatic hydroxyl groups excluding tert-OH is 1. The molecule has 0 amide bonds. The molecule has 0 atom stereocenters. The van der Waals surface area contributed by atoms with Crippen LogP contribution in [0.25, 0.3) is 0 Å². The predicted molar refractivity (Wildman–Crippen MR) is 52.0 cm³/mol. The zero-order chi connectivity index (χ0) is 10.8. The SMILES string of the molecule is O=C(O)C(=O)CCCCCCCCO. The van der Waals surface area contributed by atoms with Crippen LogP contribution in [0, 0.1) is 0 Å². The van der Waals surface area contributed by atoms with Crippen molar-refractivity contribution in [1.29, 1.82) is 0 Å². The average molecular weight is 202 g/mol. The third-order valence-electron chi connectivity index (χ3n) is 2.05. The quantitative estimate of drug-likeness (QED) is 0.437. The number of ketones is 1. The van der Waals surface area contributed by atoms with E-state index in [2.05, 4.69) is 0 Å². The molecule has 0 saturated carbocycles. The highest BCUT2D eigenvalue weighted by molar-refractivity contribution is 6.32. The zero-order valence-electron chi connectivity index (χ0n) is 8.37. The van der Waals surface area contributed by atoms with E-state index in [-0.39, 0.29) is 13.0 Å². The predicted octanol–water partition coefficient (Wildman–Crippen LogP) is 1.36. The Morgan fingerprint density at radius 1 is 0.857 bits per heavy atom. The molecule has 0 aliphatic heterocycles. The van der Waals surface area contributed by atoms with Gasteiger partial charge in [-0.05, 0) is 12.8 Å². The van der Waals surface area contributed by atoms with Crippen LogP contribution in [0.2, 0.25) is 0 Å². The summed E-state index contributed by atoms with van der Waals surface area (Å²) in [5.41, 5.74) is 0. The van der Waals surface area contributed by atoms with Crippen molar-refractivity contribution in [1.82, 2.24) is 0 Å². The molecule has 0 aliphatic carbocycles. The lowest BCUT2D eigenvalue weighted by Crippen LogP contribution is -2.11. The summed E-state index contributed by atoms with van der Waals surface area (Å²) in [4.78, 5) is 20.8. The second kappa shape index (κ2) is 8.69. The molecule has 2 N–H and O–H groups in total. The molecule has 0 aromatic carbocycles. The van der Waals surface area contributed by atoms with Crippen molar-refractivity contribution < 1.29 is 19.8 Å². The molecule has 14 heavy (non-hydrogen) atoms. The maximum Gasteiger partial charge on any atom is 0.372 e. The molecule has 4 nitrogen and oxygen atoms in total. The molecule has 0 aliphatic rings. The van der Waals surface area contributed by atoms with Gasteiger partial charge < -0.3 is 10.2 Å². The number of Topliss-reactive ketones (excluding diaryl/α,β-unsaturated/α-hetero) is 1. The normalized spacial score (nSPS) is 10.1. The Morgan fingerprint density at radius 3 is 1.86 bits per heavy atom. The van der Waals surface area contributed by atoms with Gasteiger partial charge in [0.2, 0.25) is 5.78 Å². The van der Waals surface area contributed by atoms with Crippen molar-refractivity contribution in [3.8, 4) is 0 Å². The fraction of sp³-hybridized carbons (Fsp3) is 0.800. The molecular formula is C10H18O4. The molecule has 0 radical (unpaired) electrons. The first-order valence-electron chi connectivity index (χ1n) is 5.05. The van der Waals surface area contributed by atoms with E-state index < -0.39 is 11.8 Å². The second-order valence-corrected chi connectivity index (χ2v) is 3.32. The Labute approximate surface area is 83.9 Å².